The Morgan fingerprint density at radius 1 is 1.50 bits per heavy atom. The predicted octanol–water partition coefficient (Wildman–Crippen LogP) is 2.97. The number of halogens is 1. The van der Waals surface area contributed by atoms with Crippen LogP contribution >= 0.6 is 27.3 Å². The summed E-state index contributed by atoms with van der Waals surface area (Å²) in [5.41, 5.74) is 1.54. The summed E-state index contributed by atoms with van der Waals surface area (Å²) in [6.07, 6.45) is 0.841. The van der Waals surface area contributed by atoms with Crippen LogP contribution < -0.4 is 0 Å². The molecule has 1 heterocycles. The van der Waals surface area contributed by atoms with Gasteiger partial charge in [-0.1, -0.05) is 22.0 Å². The van der Waals surface area contributed by atoms with Crippen LogP contribution in [0.5, 0.6) is 0 Å². The van der Waals surface area contributed by atoms with Gasteiger partial charge in [-0.25, -0.2) is 0 Å². The van der Waals surface area contributed by atoms with Crippen LogP contribution in [0.2, 0.25) is 0 Å². The topological polar surface area (TPSA) is 37.3 Å². The van der Waals surface area contributed by atoms with E-state index in [1.165, 1.54) is 11.3 Å². The Bertz CT molecular complexity index is 490. The lowest BCUT2D eigenvalue weighted by Gasteiger charge is -2.01. The average Bonchev–Trinajstić information content (AvgIpc) is 2.60. The number of aldehydes is 1. The monoisotopic (exact) mass is 270 g/mol. The van der Waals surface area contributed by atoms with Crippen LogP contribution in [0.25, 0.3) is 10.1 Å². The van der Waals surface area contributed by atoms with Crippen LogP contribution in [0.1, 0.15) is 15.9 Å². The van der Waals surface area contributed by atoms with Crippen LogP contribution in [-0.4, -0.2) is 11.4 Å². The van der Waals surface area contributed by atoms with Crippen molar-refractivity contribution in [3.63, 3.8) is 0 Å². The SMILES string of the molecule is O=Cc1csc2c(CO)c(Br)ccc12. The molecular formula is C10H7BrO2S. The molecule has 2 aromatic rings. The molecular weight excluding hydrogens is 264 g/mol. The number of rotatable bonds is 2. The van der Waals surface area contributed by atoms with Crippen LogP contribution in [0.15, 0.2) is 22.0 Å². The lowest BCUT2D eigenvalue weighted by atomic mass is 10.1. The van der Waals surface area contributed by atoms with E-state index in [0.717, 1.165) is 26.4 Å². The lowest BCUT2D eigenvalue weighted by Crippen LogP contribution is -1.85. The lowest BCUT2D eigenvalue weighted by molar-refractivity contribution is 0.112. The summed E-state index contributed by atoms with van der Waals surface area (Å²) in [5.74, 6) is 0. The number of carbonyl (C=O) groups excluding carboxylic acids is 1. The average molecular weight is 271 g/mol. The Balaban J connectivity index is 2.83. The molecule has 14 heavy (non-hydrogen) atoms. The van der Waals surface area contributed by atoms with Crippen molar-refractivity contribution in [2.45, 2.75) is 6.61 Å². The largest absolute Gasteiger partial charge is 0.392 e. The van der Waals surface area contributed by atoms with Gasteiger partial charge in [0, 0.05) is 31.1 Å². The number of benzene rings is 1. The summed E-state index contributed by atoms with van der Waals surface area (Å²) in [4.78, 5) is 10.7. The molecule has 0 aliphatic rings. The zero-order valence-corrected chi connectivity index (χ0v) is 9.56. The molecule has 0 radical (unpaired) electrons. The van der Waals surface area contributed by atoms with Crippen molar-refractivity contribution in [3.8, 4) is 0 Å². The highest BCUT2D eigenvalue weighted by molar-refractivity contribution is 9.10. The highest BCUT2D eigenvalue weighted by Gasteiger charge is 2.09. The summed E-state index contributed by atoms with van der Waals surface area (Å²) in [5, 5.41) is 11.9. The maximum Gasteiger partial charge on any atom is 0.151 e. The highest BCUT2D eigenvalue weighted by Crippen LogP contribution is 2.32. The summed E-state index contributed by atoms with van der Waals surface area (Å²) in [6.45, 7) is -0.0171. The van der Waals surface area contributed by atoms with Crippen LogP contribution in [0, 0.1) is 0 Å². The maximum absolute atomic E-state index is 10.7. The molecule has 0 unspecified atom stereocenters. The Kier molecular flexibility index (Phi) is 2.67. The molecule has 1 aromatic heterocycles. The van der Waals surface area contributed by atoms with Gasteiger partial charge >= 0.3 is 0 Å². The molecule has 2 nitrogen and oxygen atoms in total. The number of fused-ring (bicyclic) bond motifs is 1. The first-order valence-corrected chi connectivity index (χ1v) is 5.69. The number of carbonyl (C=O) groups is 1. The van der Waals surface area contributed by atoms with E-state index in [1.807, 2.05) is 17.5 Å². The van der Waals surface area contributed by atoms with Gasteiger partial charge in [-0.3, -0.25) is 4.79 Å². The maximum atomic E-state index is 10.7. The molecule has 0 spiro atoms. The van der Waals surface area contributed by atoms with Crippen LogP contribution in [0.4, 0.5) is 0 Å². The molecule has 2 rings (SSSR count). The van der Waals surface area contributed by atoms with Crippen molar-refractivity contribution in [3.05, 3.63) is 33.1 Å². The Morgan fingerprint density at radius 2 is 2.29 bits per heavy atom. The van der Waals surface area contributed by atoms with Crippen molar-refractivity contribution in [1.29, 1.82) is 0 Å². The van der Waals surface area contributed by atoms with E-state index in [9.17, 15) is 9.90 Å². The van der Waals surface area contributed by atoms with Crippen molar-refractivity contribution in [2.24, 2.45) is 0 Å². The van der Waals surface area contributed by atoms with Gasteiger partial charge in [0.15, 0.2) is 6.29 Å². The van der Waals surface area contributed by atoms with Gasteiger partial charge < -0.3 is 5.11 Å². The van der Waals surface area contributed by atoms with Crippen molar-refractivity contribution < 1.29 is 9.90 Å². The fourth-order valence-corrected chi connectivity index (χ4v) is 3.03. The molecule has 0 aliphatic carbocycles. The third-order valence-corrected chi connectivity index (χ3v) is 3.92. The zero-order chi connectivity index (χ0) is 10.1. The minimum Gasteiger partial charge on any atom is -0.392 e. The van der Waals surface area contributed by atoms with Crippen molar-refractivity contribution >= 4 is 43.6 Å². The molecule has 0 amide bonds. The zero-order valence-electron chi connectivity index (χ0n) is 7.16. The molecule has 4 heteroatoms. The van der Waals surface area contributed by atoms with Gasteiger partial charge in [-0.2, -0.15) is 0 Å². The van der Waals surface area contributed by atoms with Crippen LogP contribution in [0.3, 0.4) is 0 Å². The molecule has 0 fully saturated rings. The van der Waals surface area contributed by atoms with E-state index < -0.39 is 0 Å². The fourth-order valence-electron chi connectivity index (χ4n) is 1.39. The van der Waals surface area contributed by atoms with Gasteiger partial charge in [-0.15, -0.1) is 11.3 Å². The van der Waals surface area contributed by atoms with Crippen molar-refractivity contribution in [1.82, 2.24) is 0 Å². The molecule has 0 atom stereocenters. The summed E-state index contributed by atoms with van der Waals surface area (Å²) in [7, 11) is 0. The van der Waals surface area contributed by atoms with Crippen molar-refractivity contribution in [2.75, 3.05) is 0 Å². The Hall–Kier alpha value is -0.710. The first-order chi connectivity index (χ1) is 6.77. The Labute approximate surface area is 93.3 Å². The molecule has 1 aromatic carbocycles. The van der Waals surface area contributed by atoms with Crippen LogP contribution in [-0.2, 0) is 6.61 Å². The fraction of sp³-hybridized carbons (Fsp3) is 0.100. The summed E-state index contributed by atoms with van der Waals surface area (Å²) >= 11 is 4.85. The number of thiophene rings is 1. The molecule has 0 saturated carbocycles. The minimum atomic E-state index is -0.0171. The molecule has 1 N–H and O–H groups in total. The molecule has 72 valence electrons. The summed E-state index contributed by atoms with van der Waals surface area (Å²) < 4.78 is 1.86. The van der Waals surface area contributed by atoms with E-state index >= 15 is 0 Å². The van der Waals surface area contributed by atoms with Gasteiger partial charge in [0.05, 0.1) is 6.61 Å². The third kappa shape index (κ3) is 1.39. The third-order valence-electron chi connectivity index (χ3n) is 2.10. The second-order valence-corrected chi connectivity index (χ2v) is 4.60. The van der Waals surface area contributed by atoms with Gasteiger partial charge in [0.25, 0.3) is 0 Å². The van der Waals surface area contributed by atoms with E-state index in [1.54, 1.807) is 0 Å². The van der Waals surface area contributed by atoms with E-state index in [2.05, 4.69) is 15.9 Å². The van der Waals surface area contributed by atoms with Gasteiger partial charge in [0.2, 0.25) is 0 Å². The van der Waals surface area contributed by atoms with E-state index in [-0.39, 0.29) is 6.61 Å². The van der Waals surface area contributed by atoms with Gasteiger partial charge in [0.1, 0.15) is 0 Å². The standard InChI is InChI=1S/C10H7BrO2S/c11-9-2-1-7-6(3-12)5-14-10(7)8(9)4-13/h1-3,5,13H,4H2. The highest BCUT2D eigenvalue weighted by atomic mass is 79.9. The summed E-state index contributed by atoms with van der Waals surface area (Å²) in [6, 6.07) is 3.74. The number of aliphatic hydroxyl groups excluding tert-OH is 1. The first kappa shape index (κ1) is 9.83. The normalized spacial score (nSPS) is 10.7. The quantitative estimate of drug-likeness (QED) is 0.852. The predicted molar refractivity (Wildman–Crippen MR) is 60.8 cm³/mol. The molecule has 0 saturated heterocycles. The van der Waals surface area contributed by atoms with E-state index in [4.69, 9.17) is 0 Å². The number of hydrogen-bond donors (Lipinski definition) is 1. The first-order valence-electron chi connectivity index (χ1n) is 4.02. The molecule has 0 aliphatic heterocycles. The molecule has 0 bridgehead atoms. The minimum absolute atomic E-state index is 0.0171. The van der Waals surface area contributed by atoms with Gasteiger partial charge in [-0.05, 0) is 6.07 Å². The second kappa shape index (κ2) is 3.81. The number of hydrogen-bond acceptors (Lipinski definition) is 3. The number of aliphatic hydroxyl groups is 1. The second-order valence-electron chi connectivity index (χ2n) is 2.87. The smallest absolute Gasteiger partial charge is 0.151 e. The van der Waals surface area contributed by atoms with E-state index in [0.29, 0.717) is 5.56 Å². The Morgan fingerprint density at radius 3 is 2.93 bits per heavy atom.